The molecule has 0 fully saturated rings. The molecule has 0 saturated carbocycles. The molecular formula is C20H36O4. The van der Waals surface area contributed by atoms with Crippen LogP contribution in [0.25, 0.3) is 0 Å². The zero-order chi connectivity index (χ0) is 17.9. The molecule has 0 aliphatic carbocycles. The van der Waals surface area contributed by atoms with Crippen molar-refractivity contribution in [2.45, 2.75) is 96.5 Å². The fourth-order valence-electron chi connectivity index (χ4n) is 2.58. The van der Waals surface area contributed by atoms with Crippen molar-refractivity contribution in [3.05, 3.63) is 24.3 Å². The van der Waals surface area contributed by atoms with Gasteiger partial charge in [-0.2, -0.15) is 0 Å². The van der Waals surface area contributed by atoms with Crippen molar-refractivity contribution in [3.8, 4) is 0 Å². The van der Waals surface area contributed by atoms with Gasteiger partial charge in [-0.25, -0.2) is 4.89 Å². The summed E-state index contributed by atoms with van der Waals surface area (Å²) in [7, 11) is 0. The van der Waals surface area contributed by atoms with Gasteiger partial charge in [0.15, 0.2) is 0 Å². The van der Waals surface area contributed by atoms with E-state index in [1.807, 2.05) is 0 Å². The van der Waals surface area contributed by atoms with Crippen molar-refractivity contribution in [3.63, 3.8) is 0 Å². The van der Waals surface area contributed by atoms with Gasteiger partial charge < -0.3 is 5.11 Å². The van der Waals surface area contributed by atoms with Crippen molar-refractivity contribution in [1.82, 2.24) is 0 Å². The molecule has 0 aromatic carbocycles. The molecular weight excluding hydrogens is 304 g/mol. The third-order valence-corrected chi connectivity index (χ3v) is 4.07. The van der Waals surface area contributed by atoms with Crippen molar-refractivity contribution >= 4 is 5.97 Å². The first-order valence-corrected chi connectivity index (χ1v) is 9.54. The highest BCUT2D eigenvalue weighted by atomic mass is 17.1. The minimum atomic E-state index is -0.798. The van der Waals surface area contributed by atoms with Gasteiger partial charge in [-0.05, 0) is 44.9 Å². The molecule has 0 aliphatic rings. The molecule has 0 saturated heterocycles. The van der Waals surface area contributed by atoms with Crippen LogP contribution in [0.5, 0.6) is 0 Å². The van der Waals surface area contributed by atoms with Crippen LogP contribution in [0.15, 0.2) is 24.3 Å². The fraction of sp³-hybridized carbons (Fsp3) is 0.750. The van der Waals surface area contributed by atoms with E-state index in [0.717, 1.165) is 32.1 Å². The van der Waals surface area contributed by atoms with Crippen LogP contribution in [0, 0.1) is 0 Å². The average molecular weight is 341 g/mol. The van der Waals surface area contributed by atoms with Crippen LogP contribution < -0.4 is 0 Å². The number of hydrogen-bond donors (Lipinski definition) is 2. The normalized spacial score (nSPS) is 13.1. The number of allylic oxidation sites excluding steroid dienone is 4. The second kappa shape index (κ2) is 18.2. The first-order valence-electron chi connectivity index (χ1n) is 9.54. The van der Waals surface area contributed by atoms with Gasteiger partial charge in [-0.15, -0.1) is 0 Å². The number of carbonyl (C=O) groups is 1. The fourth-order valence-corrected chi connectivity index (χ4v) is 2.58. The van der Waals surface area contributed by atoms with Crippen molar-refractivity contribution in [2.24, 2.45) is 0 Å². The number of carboxylic acids is 1. The van der Waals surface area contributed by atoms with E-state index in [1.165, 1.54) is 32.1 Å². The summed E-state index contributed by atoms with van der Waals surface area (Å²) in [5, 5.41) is 17.4. The maximum absolute atomic E-state index is 10.4. The van der Waals surface area contributed by atoms with Gasteiger partial charge in [0.25, 0.3) is 0 Å². The molecule has 0 aliphatic heterocycles. The van der Waals surface area contributed by atoms with Gasteiger partial charge in [0.1, 0.15) is 0 Å². The number of aliphatic carboxylic acids is 1. The predicted octanol–water partition coefficient (Wildman–Crippen LogP) is 6.13. The predicted molar refractivity (Wildman–Crippen MR) is 99.1 cm³/mol. The molecule has 0 spiro atoms. The van der Waals surface area contributed by atoms with Gasteiger partial charge in [0, 0.05) is 6.42 Å². The van der Waals surface area contributed by atoms with Crippen molar-refractivity contribution in [2.75, 3.05) is 0 Å². The Morgan fingerprint density at radius 3 is 2.04 bits per heavy atom. The summed E-state index contributed by atoms with van der Waals surface area (Å²) in [5.74, 6) is -0.798. The largest absolute Gasteiger partial charge is 0.481 e. The molecule has 1 unspecified atom stereocenters. The molecule has 140 valence electrons. The highest BCUT2D eigenvalue weighted by molar-refractivity contribution is 5.66. The minimum absolute atomic E-state index is 0.136. The molecule has 0 heterocycles. The van der Waals surface area contributed by atoms with Gasteiger partial charge in [0.05, 0.1) is 6.10 Å². The van der Waals surface area contributed by atoms with Crippen LogP contribution in [0.1, 0.15) is 90.4 Å². The van der Waals surface area contributed by atoms with Gasteiger partial charge >= 0.3 is 5.97 Å². The Labute approximate surface area is 147 Å². The minimum Gasteiger partial charge on any atom is -0.481 e. The van der Waals surface area contributed by atoms with Crippen molar-refractivity contribution < 1.29 is 20.0 Å². The van der Waals surface area contributed by atoms with Crippen LogP contribution in [0.2, 0.25) is 0 Å². The second-order valence-corrected chi connectivity index (χ2v) is 6.36. The van der Waals surface area contributed by atoms with E-state index in [9.17, 15) is 4.79 Å². The molecule has 0 amide bonds. The average Bonchev–Trinajstić information content (AvgIpc) is 2.57. The first-order chi connectivity index (χ1) is 11.7. The molecule has 0 radical (unpaired) electrons. The molecule has 0 rings (SSSR count). The lowest BCUT2D eigenvalue weighted by Gasteiger charge is -2.12. The highest BCUT2D eigenvalue weighted by Crippen LogP contribution is 2.13. The van der Waals surface area contributed by atoms with E-state index in [0.29, 0.717) is 12.8 Å². The van der Waals surface area contributed by atoms with Crippen LogP contribution in [0.3, 0.4) is 0 Å². The van der Waals surface area contributed by atoms with E-state index in [4.69, 9.17) is 10.4 Å². The van der Waals surface area contributed by atoms with Gasteiger partial charge in [0.2, 0.25) is 0 Å². The molecule has 0 bridgehead atoms. The van der Waals surface area contributed by atoms with Gasteiger partial charge in [-0.3, -0.25) is 10.1 Å². The summed E-state index contributed by atoms with van der Waals surface area (Å²) in [6.07, 6.45) is 21.3. The standard InChI is InChI=1S/C20H36O4/c1-2-3-4-5-6-7-8-9-10-11-12-13-14-16-19(24-23)17-15-18-20(21)22/h7-10,19,23H,2-6,11-18H2,1H3,(H,21,22)/b8-7+,10-9+. The summed E-state index contributed by atoms with van der Waals surface area (Å²) in [6.45, 7) is 2.23. The van der Waals surface area contributed by atoms with Crippen LogP contribution in [-0.2, 0) is 9.68 Å². The SMILES string of the molecule is CCCCCC/C=C/C=C/CCCCCC(CCCC(=O)O)OO. The third kappa shape index (κ3) is 17.2. The molecule has 2 N–H and O–H groups in total. The quantitative estimate of drug-likeness (QED) is 0.145. The number of hydrogen-bond acceptors (Lipinski definition) is 3. The summed E-state index contributed by atoms with van der Waals surface area (Å²) in [6, 6.07) is 0. The van der Waals surface area contributed by atoms with E-state index >= 15 is 0 Å². The number of unbranched alkanes of at least 4 members (excludes halogenated alkanes) is 7. The van der Waals surface area contributed by atoms with Crippen LogP contribution >= 0.6 is 0 Å². The second-order valence-electron chi connectivity index (χ2n) is 6.36. The lowest BCUT2D eigenvalue weighted by Crippen LogP contribution is -2.11. The topological polar surface area (TPSA) is 66.8 Å². The summed E-state index contributed by atoms with van der Waals surface area (Å²) in [4.78, 5) is 14.9. The molecule has 4 nitrogen and oxygen atoms in total. The maximum atomic E-state index is 10.4. The number of rotatable bonds is 17. The Balaban J connectivity index is 3.45. The zero-order valence-corrected chi connectivity index (χ0v) is 15.3. The zero-order valence-electron chi connectivity index (χ0n) is 15.3. The Kier molecular flexibility index (Phi) is 17.4. The summed E-state index contributed by atoms with van der Waals surface area (Å²) in [5.41, 5.74) is 0. The van der Waals surface area contributed by atoms with Crippen molar-refractivity contribution in [1.29, 1.82) is 0 Å². The summed E-state index contributed by atoms with van der Waals surface area (Å²) < 4.78 is 0. The van der Waals surface area contributed by atoms with Crippen LogP contribution in [-0.4, -0.2) is 22.4 Å². The Bertz CT molecular complexity index is 337. The monoisotopic (exact) mass is 340 g/mol. The lowest BCUT2D eigenvalue weighted by molar-refractivity contribution is -0.281. The number of carboxylic acid groups (broad SMARTS) is 1. The molecule has 24 heavy (non-hydrogen) atoms. The molecule has 4 heteroatoms. The third-order valence-electron chi connectivity index (χ3n) is 4.07. The summed E-state index contributed by atoms with van der Waals surface area (Å²) >= 11 is 0. The van der Waals surface area contributed by atoms with E-state index in [1.54, 1.807) is 0 Å². The smallest absolute Gasteiger partial charge is 0.303 e. The molecule has 0 aromatic heterocycles. The van der Waals surface area contributed by atoms with E-state index in [2.05, 4.69) is 36.1 Å². The van der Waals surface area contributed by atoms with E-state index in [-0.39, 0.29) is 12.5 Å². The van der Waals surface area contributed by atoms with Gasteiger partial charge in [-0.1, -0.05) is 63.3 Å². The van der Waals surface area contributed by atoms with Crippen LogP contribution in [0.4, 0.5) is 0 Å². The highest BCUT2D eigenvalue weighted by Gasteiger charge is 2.09. The molecule has 0 aromatic rings. The first kappa shape index (κ1) is 22.9. The Morgan fingerprint density at radius 2 is 1.50 bits per heavy atom. The Morgan fingerprint density at radius 1 is 0.917 bits per heavy atom. The molecule has 1 atom stereocenters. The lowest BCUT2D eigenvalue weighted by atomic mass is 10.0. The Hall–Kier alpha value is -1.13. The van der Waals surface area contributed by atoms with E-state index < -0.39 is 5.97 Å². The maximum Gasteiger partial charge on any atom is 0.303 e.